The average Bonchev–Trinajstić information content (AvgIpc) is 3.27. The van der Waals surface area contributed by atoms with Crippen molar-refractivity contribution in [3.8, 4) is 11.5 Å². The molecule has 2 rings (SSSR count). The van der Waals surface area contributed by atoms with Crippen LogP contribution in [0.25, 0.3) is 0 Å². The summed E-state index contributed by atoms with van der Waals surface area (Å²) in [6, 6.07) is 5.58. The van der Waals surface area contributed by atoms with Crippen molar-refractivity contribution in [2.45, 2.75) is 98.3 Å². The number of cyclic esters (lactones) is 1. The molecule has 1 fully saturated rings. The largest absolute Gasteiger partial charge is 0.490 e. The van der Waals surface area contributed by atoms with Crippen LogP contribution in [0.15, 0.2) is 18.2 Å². The Labute approximate surface area is 246 Å². The molecule has 1 aromatic rings. The maximum absolute atomic E-state index is 12.8. The van der Waals surface area contributed by atoms with Gasteiger partial charge in [0.2, 0.25) is 0 Å². The zero-order valence-electron chi connectivity index (χ0n) is 26.4. The molecule has 1 amide bonds. The lowest BCUT2D eigenvalue weighted by Gasteiger charge is -2.31. The fourth-order valence-electron chi connectivity index (χ4n) is 4.95. The van der Waals surface area contributed by atoms with Gasteiger partial charge in [0.25, 0.3) is 0 Å². The van der Waals surface area contributed by atoms with Crippen molar-refractivity contribution in [1.82, 2.24) is 5.32 Å². The highest BCUT2D eigenvalue weighted by Crippen LogP contribution is 2.35. The smallest absolute Gasteiger partial charge is 0.408 e. The average molecular weight is 580 g/mol. The van der Waals surface area contributed by atoms with Crippen LogP contribution in [-0.2, 0) is 25.4 Å². The summed E-state index contributed by atoms with van der Waals surface area (Å²) in [5.74, 6) is 1.55. The van der Waals surface area contributed by atoms with Crippen molar-refractivity contribution in [1.29, 1.82) is 0 Å². The Hall–Kier alpha value is -2.52. The fraction of sp³-hybridized carbons (Fsp3) is 0.750. The monoisotopic (exact) mass is 579 g/mol. The van der Waals surface area contributed by atoms with E-state index in [1.807, 2.05) is 52.8 Å². The van der Waals surface area contributed by atoms with Crippen LogP contribution < -0.4 is 14.8 Å². The van der Waals surface area contributed by atoms with Crippen LogP contribution in [0.4, 0.5) is 4.79 Å². The van der Waals surface area contributed by atoms with Gasteiger partial charge in [-0.05, 0) is 75.5 Å². The van der Waals surface area contributed by atoms with E-state index in [0.717, 1.165) is 18.4 Å². The quantitative estimate of drug-likeness (QED) is 0.183. The molecule has 1 aromatic carbocycles. The number of hydrogen-bond donors (Lipinski definition) is 2. The number of ether oxygens (including phenoxy) is 5. The van der Waals surface area contributed by atoms with Crippen molar-refractivity contribution in [2.24, 2.45) is 23.7 Å². The van der Waals surface area contributed by atoms with Crippen molar-refractivity contribution >= 4 is 12.1 Å². The number of hydrogen-bond acceptors (Lipinski definition) is 8. The molecule has 41 heavy (non-hydrogen) atoms. The minimum Gasteiger partial charge on any atom is -0.490 e. The second kappa shape index (κ2) is 16.8. The highest BCUT2D eigenvalue weighted by atomic mass is 16.6. The molecular formula is C32H53NO8. The summed E-state index contributed by atoms with van der Waals surface area (Å²) in [6.07, 6.45) is 2.30. The SMILES string of the molecule is COCCCOc1cc(C[C@@H](C[C@H](NC(=O)OC(C)(C)C)C2CC(C(C)C)C(=O)O2)C(C)C)ccc1OCCCO. The molecule has 2 N–H and O–H groups in total. The summed E-state index contributed by atoms with van der Waals surface area (Å²) < 4.78 is 28.5. The van der Waals surface area contributed by atoms with Gasteiger partial charge in [0.15, 0.2) is 11.5 Å². The molecule has 1 aliphatic rings. The van der Waals surface area contributed by atoms with E-state index in [1.54, 1.807) is 7.11 Å². The van der Waals surface area contributed by atoms with E-state index in [2.05, 4.69) is 19.2 Å². The predicted octanol–water partition coefficient (Wildman–Crippen LogP) is 5.55. The van der Waals surface area contributed by atoms with E-state index < -0.39 is 17.8 Å². The summed E-state index contributed by atoms with van der Waals surface area (Å²) in [6.45, 7) is 15.4. The van der Waals surface area contributed by atoms with E-state index in [1.165, 1.54) is 0 Å². The second-order valence-electron chi connectivity index (χ2n) is 12.7. The second-order valence-corrected chi connectivity index (χ2v) is 12.7. The molecule has 2 unspecified atom stereocenters. The zero-order chi connectivity index (χ0) is 30.6. The summed E-state index contributed by atoms with van der Waals surface area (Å²) in [5.41, 5.74) is 0.443. The molecule has 1 saturated heterocycles. The lowest BCUT2D eigenvalue weighted by molar-refractivity contribution is -0.146. The minimum absolute atomic E-state index is 0.0604. The van der Waals surface area contributed by atoms with Crippen LogP contribution in [0.3, 0.4) is 0 Å². The Balaban J connectivity index is 2.26. The van der Waals surface area contributed by atoms with Crippen LogP contribution in [0.5, 0.6) is 11.5 Å². The number of benzene rings is 1. The van der Waals surface area contributed by atoms with Crippen molar-refractivity contribution in [3.05, 3.63) is 23.8 Å². The molecular weight excluding hydrogens is 526 g/mol. The molecule has 0 saturated carbocycles. The number of carbonyl (C=O) groups excluding carboxylic acids is 2. The molecule has 0 spiro atoms. The maximum atomic E-state index is 12.8. The Morgan fingerprint density at radius 1 is 1.07 bits per heavy atom. The summed E-state index contributed by atoms with van der Waals surface area (Å²) in [5, 5.41) is 12.2. The molecule has 9 heteroatoms. The van der Waals surface area contributed by atoms with Gasteiger partial charge in [-0.3, -0.25) is 4.79 Å². The van der Waals surface area contributed by atoms with Crippen LogP contribution in [-0.4, -0.2) is 68.5 Å². The number of nitrogens with one attached hydrogen (secondary N) is 1. The third kappa shape index (κ3) is 12.1. The predicted molar refractivity (Wildman–Crippen MR) is 158 cm³/mol. The normalized spacial score (nSPS) is 18.8. The van der Waals surface area contributed by atoms with Crippen LogP contribution in [0, 0.1) is 23.7 Å². The molecule has 1 aliphatic heterocycles. The van der Waals surface area contributed by atoms with Crippen LogP contribution >= 0.6 is 0 Å². The third-order valence-electron chi connectivity index (χ3n) is 7.33. The summed E-state index contributed by atoms with van der Waals surface area (Å²) in [7, 11) is 1.66. The van der Waals surface area contributed by atoms with E-state index in [0.29, 0.717) is 56.5 Å². The molecule has 0 aliphatic carbocycles. The first kappa shape index (κ1) is 34.7. The standard InChI is InChI=1S/C32H53NO8/c1-21(2)24(17-23-11-12-27(38-15-9-13-34)29(18-23)39-16-10-14-37-8)19-26(33-31(36)41-32(5,6)7)28-20-25(22(3)4)30(35)40-28/h11-12,18,21-22,24-26,28,34H,9-10,13-17,19-20H2,1-8H3,(H,33,36)/t24-,25?,26-,28?/m0/s1. The molecule has 9 nitrogen and oxygen atoms in total. The molecule has 0 aromatic heterocycles. The minimum atomic E-state index is -0.639. The van der Waals surface area contributed by atoms with Crippen molar-refractivity contribution in [3.63, 3.8) is 0 Å². The molecule has 1 heterocycles. The van der Waals surface area contributed by atoms with E-state index in [4.69, 9.17) is 28.8 Å². The summed E-state index contributed by atoms with van der Waals surface area (Å²) >= 11 is 0. The number of methoxy groups -OCH3 is 1. The van der Waals surface area contributed by atoms with E-state index in [-0.39, 0.29) is 36.4 Å². The van der Waals surface area contributed by atoms with Gasteiger partial charge in [-0.25, -0.2) is 4.79 Å². The van der Waals surface area contributed by atoms with E-state index >= 15 is 0 Å². The Morgan fingerprint density at radius 3 is 2.34 bits per heavy atom. The molecule has 234 valence electrons. The number of amides is 1. The first-order valence-electron chi connectivity index (χ1n) is 15.0. The van der Waals surface area contributed by atoms with Crippen molar-refractivity contribution in [2.75, 3.05) is 33.5 Å². The number of aliphatic hydroxyl groups is 1. The number of aliphatic hydroxyl groups excluding tert-OH is 1. The number of rotatable bonds is 17. The highest BCUT2D eigenvalue weighted by Gasteiger charge is 2.42. The molecule has 4 atom stereocenters. The Kier molecular flexibility index (Phi) is 14.2. The highest BCUT2D eigenvalue weighted by molar-refractivity contribution is 5.75. The maximum Gasteiger partial charge on any atom is 0.408 e. The lowest BCUT2D eigenvalue weighted by atomic mass is 9.81. The van der Waals surface area contributed by atoms with Gasteiger partial charge in [-0.2, -0.15) is 0 Å². The van der Waals surface area contributed by atoms with Crippen LogP contribution in [0.1, 0.15) is 79.7 Å². The van der Waals surface area contributed by atoms with Gasteiger partial charge in [-0.1, -0.05) is 33.8 Å². The fourth-order valence-corrected chi connectivity index (χ4v) is 4.95. The number of carbonyl (C=O) groups is 2. The number of alkyl carbamates (subject to hydrolysis) is 1. The van der Waals surface area contributed by atoms with Crippen LogP contribution in [0.2, 0.25) is 0 Å². The van der Waals surface area contributed by atoms with Gasteiger partial charge in [-0.15, -0.1) is 0 Å². The lowest BCUT2D eigenvalue weighted by Crippen LogP contribution is -2.47. The molecule has 0 bridgehead atoms. The number of esters is 1. The van der Waals surface area contributed by atoms with Gasteiger partial charge >= 0.3 is 12.1 Å². The third-order valence-corrected chi connectivity index (χ3v) is 7.33. The van der Waals surface area contributed by atoms with Gasteiger partial charge in [0.1, 0.15) is 11.7 Å². The first-order valence-corrected chi connectivity index (χ1v) is 15.0. The Morgan fingerprint density at radius 2 is 1.76 bits per heavy atom. The zero-order valence-corrected chi connectivity index (χ0v) is 26.4. The van der Waals surface area contributed by atoms with Crippen molar-refractivity contribution < 1.29 is 38.4 Å². The first-order chi connectivity index (χ1) is 19.3. The molecule has 0 radical (unpaired) electrons. The van der Waals surface area contributed by atoms with E-state index in [9.17, 15) is 9.59 Å². The van der Waals surface area contributed by atoms with Gasteiger partial charge in [0, 0.05) is 33.2 Å². The Bertz CT molecular complexity index is 942. The van der Waals surface area contributed by atoms with Gasteiger partial charge < -0.3 is 34.1 Å². The topological polar surface area (TPSA) is 113 Å². The summed E-state index contributed by atoms with van der Waals surface area (Å²) in [4.78, 5) is 25.5. The van der Waals surface area contributed by atoms with Gasteiger partial charge in [0.05, 0.1) is 25.2 Å².